The topological polar surface area (TPSA) is 75.6 Å². The first kappa shape index (κ1) is 15.4. The SMILES string of the molecule is CCC(O)c1cccc(S(=O)(=O)NCC2CCOC2)c1. The Bertz CT molecular complexity index is 538. The van der Waals surface area contributed by atoms with Crippen LogP contribution in [0.15, 0.2) is 29.2 Å². The summed E-state index contributed by atoms with van der Waals surface area (Å²) in [5.41, 5.74) is 0.625. The van der Waals surface area contributed by atoms with Crippen LogP contribution in [0, 0.1) is 5.92 Å². The first-order chi connectivity index (χ1) is 9.53. The number of hydrogen-bond acceptors (Lipinski definition) is 4. The van der Waals surface area contributed by atoms with Gasteiger partial charge in [0.25, 0.3) is 0 Å². The fourth-order valence-corrected chi connectivity index (χ4v) is 3.35. The molecule has 0 spiro atoms. The fraction of sp³-hybridized carbons (Fsp3) is 0.571. The molecule has 1 fully saturated rings. The van der Waals surface area contributed by atoms with Crippen LogP contribution in [0.1, 0.15) is 31.4 Å². The summed E-state index contributed by atoms with van der Waals surface area (Å²) in [6, 6.07) is 6.46. The van der Waals surface area contributed by atoms with Crippen LogP contribution in [0.2, 0.25) is 0 Å². The number of rotatable bonds is 6. The standard InChI is InChI=1S/C14H21NO4S/c1-2-14(16)12-4-3-5-13(8-12)20(17,18)15-9-11-6-7-19-10-11/h3-5,8,11,14-16H,2,6-7,9-10H2,1H3. The van der Waals surface area contributed by atoms with Gasteiger partial charge in [0.1, 0.15) is 0 Å². The molecule has 0 amide bonds. The first-order valence-corrected chi connectivity index (χ1v) is 8.36. The van der Waals surface area contributed by atoms with Crippen molar-refractivity contribution in [3.63, 3.8) is 0 Å². The van der Waals surface area contributed by atoms with Crippen LogP contribution >= 0.6 is 0 Å². The molecule has 1 aliphatic heterocycles. The Balaban J connectivity index is 2.08. The summed E-state index contributed by atoms with van der Waals surface area (Å²) in [5, 5.41) is 9.79. The second kappa shape index (κ2) is 6.67. The van der Waals surface area contributed by atoms with Gasteiger partial charge in [-0.2, -0.15) is 0 Å². The molecule has 2 unspecified atom stereocenters. The molecule has 2 N–H and O–H groups in total. The van der Waals surface area contributed by atoms with Crippen molar-refractivity contribution in [1.82, 2.24) is 4.72 Å². The third-order valence-electron chi connectivity index (χ3n) is 3.53. The van der Waals surface area contributed by atoms with Crippen molar-refractivity contribution in [1.29, 1.82) is 0 Å². The zero-order valence-corrected chi connectivity index (χ0v) is 12.4. The van der Waals surface area contributed by atoms with Gasteiger partial charge in [-0.1, -0.05) is 19.1 Å². The highest BCUT2D eigenvalue weighted by Crippen LogP contribution is 2.20. The van der Waals surface area contributed by atoms with Crippen LogP contribution < -0.4 is 4.72 Å². The third kappa shape index (κ3) is 3.79. The van der Waals surface area contributed by atoms with Crippen molar-refractivity contribution in [2.24, 2.45) is 5.92 Å². The highest BCUT2D eigenvalue weighted by molar-refractivity contribution is 7.89. The fourth-order valence-electron chi connectivity index (χ4n) is 2.18. The van der Waals surface area contributed by atoms with E-state index in [4.69, 9.17) is 4.74 Å². The van der Waals surface area contributed by atoms with E-state index in [-0.39, 0.29) is 10.8 Å². The number of aliphatic hydroxyl groups excluding tert-OH is 1. The average Bonchev–Trinajstić information content (AvgIpc) is 2.98. The van der Waals surface area contributed by atoms with E-state index in [0.717, 1.165) is 6.42 Å². The Morgan fingerprint density at radius 2 is 2.30 bits per heavy atom. The quantitative estimate of drug-likeness (QED) is 0.833. The van der Waals surface area contributed by atoms with Crippen LogP contribution in [-0.2, 0) is 14.8 Å². The zero-order chi connectivity index (χ0) is 14.6. The Morgan fingerprint density at radius 3 is 2.95 bits per heavy atom. The van der Waals surface area contributed by atoms with Crippen LogP contribution in [0.5, 0.6) is 0 Å². The lowest BCUT2D eigenvalue weighted by atomic mass is 10.1. The molecule has 5 nitrogen and oxygen atoms in total. The predicted octanol–water partition coefficient (Wildman–Crippen LogP) is 1.44. The molecule has 1 aromatic carbocycles. The van der Waals surface area contributed by atoms with E-state index in [1.807, 2.05) is 6.92 Å². The molecule has 0 radical (unpaired) electrons. The molecule has 0 aliphatic carbocycles. The van der Waals surface area contributed by atoms with E-state index in [0.29, 0.717) is 31.7 Å². The van der Waals surface area contributed by atoms with Crippen molar-refractivity contribution in [2.75, 3.05) is 19.8 Å². The molecule has 6 heteroatoms. The van der Waals surface area contributed by atoms with Crippen LogP contribution in [-0.4, -0.2) is 33.3 Å². The van der Waals surface area contributed by atoms with Crippen molar-refractivity contribution in [3.8, 4) is 0 Å². The summed E-state index contributed by atoms with van der Waals surface area (Å²) in [7, 11) is -3.53. The minimum absolute atomic E-state index is 0.196. The van der Waals surface area contributed by atoms with E-state index < -0.39 is 16.1 Å². The second-order valence-electron chi connectivity index (χ2n) is 5.08. The Hall–Kier alpha value is -0.950. The summed E-state index contributed by atoms with van der Waals surface area (Å²) in [6.07, 6.45) is 0.807. The van der Waals surface area contributed by atoms with Gasteiger partial charge in [-0.25, -0.2) is 13.1 Å². The average molecular weight is 299 g/mol. The molecule has 2 atom stereocenters. The third-order valence-corrected chi connectivity index (χ3v) is 4.95. The Morgan fingerprint density at radius 1 is 1.50 bits per heavy atom. The Kier molecular flexibility index (Phi) is 5.15. The summed E-state index contributed by atoms with van der Waals surface area (Å²) in [4.78, 5) is 0.196. The number of nitrogens with one attached hydrogen (secondary N) is 1. The number of hydrogen-bond donors (Lipinski definition) is 2. The van der Waals surface area contributed by atoms with E-state index in [9.17, 15) is 13.5 Å². The molecule has 112 valence electrons. The molecule has 1 heterocycles. The highest BCUT2D eigenvalue weighted by Gasteiger charge is 2.20. The van der Waals surface area contributed by atoms with Crippen LogP contribution in [0.4, 0.5) is 0 Å². The normalized spacial score (nSPS) is 21.0. The van der Waals surface area contributed by atoms with Gasteiger partial charge in [-0.05, 0) is 36.5 Å². The van der Waals surface area contributed by atoms with E-state index >= 15 is 0 Å². The number of ether oxygens (including phenoxy) is 1. The maximum atomic E-state index is 12.2. The maximum absolute atomic E-state index is 12.2. The molecule has 2 rings (SSSR count). The number of aliphatic hydroxyl groups is 1. The van der Waals surface area contributed by atoms with Gasteiger partial charge < -0.3 is 9.84 Å². The van der Waals surface area contributed by atoms with Crippen molar-refractivity contribution >= 4 is 10.0 Å². The summed E-state index contributed by atoms with van der Waals surface area (Å²) in [6.45, 7) is 3.55. The van der Waals surface area contributed by atoms with Gasteiger partial charge in [0.2, 0.25) is 10.0 Å². The van der Waals surface area contributed by atoms with Gasteiger partial charge in [0.05, 0.1) is 17.6 Å². The van der Waals surface area contributed by atoms with Crippen molar-refractivity contribution in [2.45, 2.75) is 30.8 Å². The molecule has 0 aromatic heterocycles. The summed E-state index contributed by atoms with van der Waals surface area (Å²) >= 11 is 0. The molecule has 20 heavy (non-hydrogen) atoms. The minimum Gasteiger partial charge on any atom is -0.388 e. The molecule has 0 bridgehead atoms. The maximum Gasteiger partial charge on any atom is 0.240 e. The van der Waals surface area contributed by atoms with Gasteiger partial charge in [-0.15, -0.1) is 0 Å². The molecule has 0 saturated carbocycles. The predicted molar refractivity (Wildman–Crippen MR) is 75.8 cm³/mol. The van der Waals surface area contributed by atoms with Gasteiger partial charge in [0.15, 0.2) is 0 Å². The highest BCUT2D eigenvalue weighted by atomic mass is 32.2. The van der Waals surface area contributed by atoms with E-state index in [1.165, 1.54) is 6.07 Å². The van der Waals surface area contributed by atoms with Gasteiger partial charge >= 0.3 is 0 Å². The molecule has 1 aliphatic rings. The van der Waals surface area contributed by atoms with E-state index in [1.54, 1.807) is 18.2 Å². The van der Waals surface area contributed by atoms with Gasteiger partial charge in [-0.3, -0.25) is 0 Å². The first-order valence-electron chi connectivity index (χ1n) is 6.88. The number of benzene rings is 1. The zero-order valence-electron chi connectivity index (χ0n) is 11.6. The summed E-state index contributed by atoms with van der Waals surface area (Å²) < 4.78 is 32.3. The van der Waals surface area contributed by atoms with Crippen LogP contribution in [0.3, 0.4) is 0 Å². The smallest absolute Gasteiger partial charge is 0.240 e. The number of sulfonamides is 1. The molecular formula is C14H21NO4S. The minimum atomic E-state index is -3.53. The lowest BCUT2D eigenvalue weighted by Gasteiger charge is -2.13. The van der Waals surface area contributed by atoms with E-state index in [2.05, 4.69) is 4.72 Å². The Labute approximate surface area is 120 Å². The summed E-state index contributed by atoms with van der Waals surface area (Å²) in [5.74, 6) is 0.245. The van der Waals surface area contributed by atoms with Crippen molar-refractivity contribution in [3.05, 3.63) is 29.8 Å². The molecule has 1 saturated heterocycles. The molecular weight excluding hydrogens is 278 g/mol. The lowest BCUT2D eigenvalue weighted by molar-refractivity contribution is 0.173. The van der Waals surface area contributed by atoms with Crippen molar-refractivity contribution < 1.29 is 18.3 Å². The second-order valence-corrected chi connectivity index (χ2v) is 6.85. The van der Waals surface area contributed by atoms with Crippen LogP contribution in [0.25, 0.3) is 0 Å². The largest absolute Gasteiger partial charge is 0.388 e. The molecule has 1 aromatic rings. The monoisotopic (exact) mass is 299 g/mol. The van der Waals surface area contributed by atoms with Gasteiger partial charge in [0, 0.05) is 13.2 Å². The lowest BCUT2D eigenvalue weighted by Crippen LogP contribution is -2.29.